The van der Waals surface area contributed by atoms with Gasteiger partial charge >= 0.3 is 0 Å². The van der Waals surface area contributed by atoms with Gasteiger partial charge in [-0.15, -0.1) is 0 Å². The van der Waals surface area contributed by atoms with Crippen molar-refractivity contribution in [2.45, 2.75) is 18.9 Å². The fourth-order valence-corrected chi connectivity index (χ4v) is 2.02. The van der Waals surface area contributed by atoms with Gasteiger partial charge in [-0.1, -0.05) is 18.2 Å². The molecule has 0 bridgehead atoms. The average molecular weight is 343 g/mol. The van der Waals surface area contributed by atoms with Crippen LogP contribution in [0.25, 0.3) is 0 Å². The van der Waals surface area contributed by atoms with E-state index in [2.05, 4.69) is 16.2 Å². The molecule has 0 heterocycles. The summed E-state index contributed by atoms with van der Waals surface area (Å²) in [7, 11) is 2.96. The smallest absolute Gasteiger partial charge is 0.275 e. The molecule has 1 atom stereocenters. The van der Waals surface area contributed by atoms with Crippen molar-refractivity contribution in [2.24, 2.45) is 0 Å². The monoisotopic (exact) mass is 343 g/mol. The van der Waals surface area contributed by atoms with Crippen molar-refractivity contribution < 1.29 is 18.7 Å². The van der Waals surface area contributed by atoms with Gasteiger partial charge in [0.05, 0.1) is 0 Å². The summed E-state index contributed by atoms with van der Waals surface area (Å²) >= 11 is 5.03. The normalized spacial score (nSPS) is 13.0. The Bertz CT molecular complexity index is 544. The molecule has 0 aromatic heterocycles. The van der Waals surface area contributed by atoms with Gasteiger partial charge in [0.25, 0.3) is 5.91 Å². The number of halogens is 1. The van der Waals surface area contributed by atoms with Gasteiger partial charge in [-0.2, -0.15) is 0 Å². The van der Waals surface area contributed by atoms with Crippen LogP contribution in [0, 0.1) is 5.82 Å². The highest BCUT2D eigenvalue weighted by molar-refractivity contribution is 7.80. The molecule has 0 spiro atoms. The molecule has 0 aliphatic carbocycles. The highest BCUT2D eigenvalue weighted by atomic mass is 32.1. The van der Waals surface area contributed by atoms with Crippen molar-refractivity contribution >= 4 is 23.2 Å². The number of hydrogen-bond donors (Lipinski definition) is 3. The van der Waals surface area contributed by atoms with Crippen LogP contribution in [-0.2, 0) is 19.9 Å². The second-order valence-corrected chi connectivity index (χ2v) is 5.31. The number of methoxy groups -OCH3 is 2. The van der Waals surface area contributed by atoms with Crippen molar-refractivity contribution in [3.8, 4) is 0 Å². The molecule has 8 heteroatoms. The van der Waals surface area contributed by atoms with Gasteiger partial charge in [-0.25, -0.2) is 4.39 Å². The lowest BCUT2D eigenvalue weighted by atomic mass is 9.94. The quantitative estimate of drug-likeness (QED) is 0.393. The molecular formula is C15H22FN3O3S. The zero-order valence-electron chi connectivity index (χ0n) is 13.4. The summed E-state index contributed by atoms with van der Waals surface area (Å²) in [5.74, 6) is -1.08. The minimum atomic E-state index is -1.48. The number of hydrogen-bond acceptors (Lipinski definition) is 4. The Balaban J connectivity index is 2.61. The number of ether oxygens (including phenoxy) is 2. The van der Waals surface area contributed by atoms with Crippen LogP contribution in [0.5, 0.6) is 0 Å². The van der Waals surface area contributed by atoms with Crippen LogP contribution in [0.2, 0.25) is 0 Å². The van der Waals surface area contributed by atoms with Gasteiger partial charge in [0.2, 0.25) is 0 Å². The predicted octanol–water partition coefficient (Wildman–Crippen LogP) is 1.22. The molecule has 0 aliphatic heterocycles. The highest BCUT2D eigenvalue weighted by Gasteiger charge is 2.37. The standard InChI is InChI=1S/C15H22FN3O3S/c1-15(22-3,11-7-4-5-8-12(11)16)13(20)18-19-14(23)17-9-6-10-21-2/h4-5,7-8H,6,9-10H2,1-3H3,(H,18,20)(H2,17,19,23)/t15-/m0/s1. The van der Waals surface area contributed by atoms with Gasteiger partial charge in [0, 0.05) is 32.9 Å². The molecule has 0 radical (unpaired) electrons. The molecule has 1 rings (SSSR count). The van der Waals surface area contributed by atoms with E-state index in [-0.39, 0.29) is 10.7 Å². The number of thiocarbonyl (C=S) groups is 1. The van der Waals surface area contributed by atoms with Crippen LogP contribution < -0.4 is 16.2 Å². The van der Waals surface area contributed by atoms with Gasteiger partial charge in [-0.3, -0.25) is 15.6 Å². The van der Waals surface area contributed by atoms with Gasteiger partial charge in [-0.05, 0) is 31.6 Å². The Morgan fingerprint density at radius 3 is 2.61 bits per heavy atom. The Kier molecular flexibility index (Phi) is 7.87. The molecule has 0 unspecified atom stereocenters. The third-order valence-corrected chi connectivity index (χ3v) is 3.58. The largest absolute Gasteiger partial charge is 0.385 e. The van der Waals surface area contributed by atoms with Gasteiger partial charge in [0.1, 0.15) is 5.82 Å². The van der Waals surface area contributed by atoms with Crippen LogP contribution in [0.15, 0.2) is 24.3 Å². The van der Waals surface area contributed by atoms with Crippen molar-refractivity contribution in [1.29, 1.82) is 0 Å². The number of nitrogens with one attached hydrogen (secondary N) is 3. The maximum Gasteiger partial charge on any atom is 0.275 e. The average Bonchev–Trinajstić information content (AvgIpc) is 2.56. The number of carbonyl (C=O) groups excluding carboxylic acids is 1. The highest BCUT2D eigenvalue weighted by Crippen LogP contribution is 2.27. The lowest BCUT2D eigenvalue weighted by Gasteiger charge is -2.28. The van der Waals surface area contributed by atoms with Crippen LogP contribution in [-0.4, -0.2) is 38.4 Å². The number of hydrazine groups is 1. The van der Waals surface area contributed by atoms with E-state index < -0.39 is 17.3 Å². The summed E-state index contributed by atoms with van der Waals surface area (Å²) in [6.45, 7) is 2.69. The minimum Gasteiger partial charge on any atom is -0.385 e. The summed E-state index contributed by atoms with van der Waals surface area (Å²) in [5, 5.41) is 3.16. The van der Waals surface area contributed by atoms with Crippen molar-refractivity contribution in [1.82, 2.24) is 16.2 Å². The van der Waals surface area contributed by atoms with Gasteiger partial charge in [0.15, 0.2) is 10.7 Å². The number of rotatable bonds is 7. The number of benzene rings is 1. The first-order valence-corrected chi connectivity index (χ1v) is 7.50. The zero-order chi connectivity index (χ0) is 17.3. The summed E-state index contributed by atoms with van der Waals surface area (Å²) in [6, 6.07) is 5.96. The third kappa shape index (κ3) is 5.42. The first-order chi connectivity index (χ1) is 11.0. The van der Waals surface area contributed by atoms with Gasteiger partial charge < -0.3 is 14.8 Å². The molecule has 0 aliphatic rings. The van der Waals surface area contributed by atoms with Crippen LogP contribution >= 0.6 is 12.2 Å². The summed E-state index contributed by atoms with van der Waals surface area (Å²) in [5.41, 5.74) is 3.65. The fourth-order valence-electron chi connectivity index (χ4n) is 1.87. The Hall–Kier alpha value is -1.77. The SMILES string of the molecule is COCCCNC(=S)NNC(=O)[C@@](C)(OC)c1ccccc1F. The van der Waals surface area contributed by atoms with E-state index in [0.717, 1.165) is 6.42 Å². The van der Waals surface area contributed by atoms with E-state index in [1.54, 1.807) is 19.2 Å². The summed E-state index contributed by atoms with van der Waals surface area (Å²) in [4.78, 5) is 12.4. The third-order valence-electron chi connectivity index (χ3n) is 3.33. The van der Waals surface area contributed by atoms with E-state index >= 15 is 0 Å². The van der Waals surface area contributed by atoms with Crippen molar-refractivity contribution in [2.75, 3.05) is 27.4 Å². The van der Waals surface area contributed by atoms with Crippen LogP contribution in [0.1, 0.15) is 18.9 Å². The Labute approximate surface area is 140 Å². The molecule has 6 nitrogen and oxygen atoms in total. The summed E-state index contributed by atoms with van der Waals surface area (Å²) in [6.07, 6.45) is 0.775. The van der Waals surface area contributed by atoms with Crippen LogP contribution in [0.3, 0.4) is 0 Å². The van der Waals surface area contributed by atoms with E-state index in [4.69, 9.17) is 21.7 Å². The predicted molar refractivity (Wildman–Crippen MR) is 89.1 cm³/mol. The first-order valence-electron chi connectivity index (χ1n) is 7.09. The fraction of sp³-hybridized carbons (Fsp3) is 0.467. The molecule has 1 aromatic carbocycles. The van der Waals surface area contributed by atoms with Crippen molar-refractivity contribution in [3.63, 3.8) is 0 Å². The molecule has 1 aromatic rings. The van der Waals surface area contributed by atoms with E-state index in [1.807, 2.05) is 0 Å². The second kappa shape index (κ2) is 9.39. The lowest BCUT2D eigenvalue weighted by molar-refractivity contribution is -0.143. The molecule has 128 valence electrons. The Morgan fingerprint density at radius 2 is 2.00 bits per heavy atom. The number of carbonyl (C=O) groups is 1. The first kappa shape index (κ1) is 19.3. The number of amides is 1. The maximum absolute atomic E-state index is 13.9. The van der Waals surface area contributed by atoms with E-state index in [0.29, 0.717) is 13.2 Å². The van der Waals surface area contributed by atoms with E-state index in [9.17, 15) is 9.18 Å². The summed E-state index contributed by atoms with van der Waals surface area (Å²) < 4.78 is 24.1. The molecular weight excluding hydrogens is 321 g/mol. The molecule has 0 saturated carbocycles. The maximum atomic E-state index is 13.9. The zero-order valence-corrected chi connectivity index (χ0v) is 14.3. The Morgan fingerprint density at radius 1 is 1.30 bits per heavy atom. The second-order valence-electron chi connectivity index (χ2n) is 4.90. The molecule has 3 N–H and O–H groups in total. The molecule has 0 fully saturated rings. The molecule has 23 heavy (non-hydrogen) atoms. The van der Waals surface area contributed by atoms with E-state index in [1.165, 1.54) is 26.2 Å². The topological polar surface area (TPSA) is 71.6 Å². The molecule has 1 amide bonds. The lowest BCUT2D eigenvalue weighted by Crippen LogP contribution is -2.53. The molecule has 0 saturated heterocycles. The van der Waals surface area contributed by atoms with Crippen LogP contribution in [0.4, 0.5) is 4.39 Å². The minimum absolute atomic E-state index is 0.140. The van der Waals surface area contributed by atoms with Crippen molar-refractivity contribution in [3.05, 3.63) is 35.6 Å².